The molecule has 0 bridgehead atoms. The molecule has 45 heteroatoms. The minimum absolute atomic E-state index is 0.107. The number of nitrogens with two attached hydrogens (primary N) is 4. The summed E-state index contributed by atoms with van der Waals surface area (Å²) in [6, 6.07) is 41.3. The molecule has 8 heterocycles. The number of rotatable bonds is 22. The van der Waals surface area contributed by atoms with Crippen LogP contribution in [0.15, 0.2) is 218 Å². The second-order valence-electron chi connectivity index (χ2n) is 32.3. The van der Waals surface area contributed by atoms with E-state index in [0.29, 0.717) is 112 Å². The zero-order valence-electron chi connectivity index (χ0n) is 71.8. The van der Waals surface area contributed by atoms with Gasteiger partial charge in [-0.3, -0.25) is 18.9 Å². The number of nitrogens with one attached hydrogen (secondary N) is 4. The van der Waals surface area contributed by atoms with Gasteiger partial charge in [0.05, 0.1) is 101 Å². The van der Waals surface area contributed by atoms with Gasteiger partial charge in [-0.2, -0.15) is 20.4 Å². The van der Waals surface area contributed by atoms with Crippen molar-refractivity contribution in [3.8, 4) is 56.5 Å². The lowest BCUT2D eigenvalue weighted by atomic mass is 10.1. The molecule has 4 fully saturated rings. The molecule has 0 atom stereocenters. The Bertz CT molecular complexity index is 7660. The van der Waals surface area contributed by atoms with E-state index >= 15 is 4.39 Å². The third-order valence-corrected chi connectivity index (χ3v) is 30.9. The van der Waals surface area contributed by atoms with E-state index < -0.39 is 94.4 Å². The standard InChI is InChI=1S/2C23H24N6O3S.C22H17Br2F3N6O2S.C22H20F2N6O2S/c1-32-19-12-11-15(13-18(19)28-33(30,31)17-9-3-2-4-10-17)21-20-22(24)25-14-26-23(20)29(27-21)16-7-5-6-8-16;1-32-19-13-15(28-33(30,31)17-9-3-2-4-10-17)11-12-18(19)21-20-22(24)25-14-26-23(20)29(27-21)16-7-5-6-8-16;23-12-8-14(26)17(24)20(18(12)27)36(34,35)32-15-6-5-10(7-13(15)25)19-16-21(28)29-9-30-22(16)33(31-19)11-3-1-2-4-11;23-16-10-13(11-17(24)20(16)29-33(31,32)15-8-2-1-3-9-15)19-18-21(25)26-12-27-22(18)30(28-19)14-6-4-5-7-14/h2*2-4,9-14,16,28H,5-8H2,1H3,(H2,24,25,26);5-9,11,32H,1-4H2,(H2,28,29,30);1-3,8-12,14,29H,4-7H2,(H2,25,26,27). The number of sulfonamides is 4. The predicted octanol–water partition coefficient (Wildman–Crippen LogP) is 18.2. The summed E-state index contributed by atoms with van der Waals surface area (Å²) in [4.78, 5) is 33.2. The molecule has 0 amide bonds. The molecule has 20 rings (SSSR count). The Morgan fingerprint density at radius 1 is 0.356 bits per heavy atom. The largest absolute Gasteiger partial charge is 0.496 e. The zero-order valence-corrected chi connectivity index (χ0v) is 78.3. The molecule has 135 heavy (non-hydrogen) atoms. The fraction of sp³-hybridized carbons (Fsp3) is 0.244. The van der Waals surface area contributed by atoms with Crippen molar-refractivity contribution in [3.05, 3.63) is 227 Å². The van der Waals surface area contributed by atoms with Crippen molar-refractivity contribution in [1.82, 2.24) is 79.0 Å². The van der Waals surface area contributed by atoms with Crippen molar-refractivity contribution < 1.29 is 65.1 Å². The van der Waals surface area contributed by atoms with Crippen molar-refractivity contribution in [2.45, 2.75) is 146 Å². The molecule has 0 spiro atoms. The summed E-state index contributed by atoms with van der Waals surface area (Å²) in [5.41, 5.74) is 30.1. The lowest BCUT2D eigenvalue weighted by Crippen LogP contribution is -2.17. The number of ether oxygens (including phenoxy) is 2. The van der Waals surface area contributed by atoms with Gasteiger partial charge >= 0.3 is 0 Å². The Kier molecular flexibility index (Phi) is 26.8. The maximum atomic E-state index is 15.1. The number of benzene rings is 8. The number of methoxy groups -OCH3 is 2. The van der Waals surface area contributed by atoms with Gasteiger partial charge in [0.2, 0.25) is 0 Å². The Morgan fingerprint density at radius 2 is 0.711 bits per heavy atom. The van der Waals surface area contributed by atoms with E-state index in [2.05, 4.69) is 91.4 Å². The van der Waals surface area contributed by atoms with Crippen LogP contribution in [0.3, 0.4) is 0 Å². The Balaban J connectivity index is 0.000000125. The number of halogens is 7. The minimum atomic E-state index is -4.71. The number of anilines is 8. The second-order valence-corrected chi connectivity index (χ2v) is 40.6. The fourth-order valence-electron chi connectivity index (χ4n) is 17.2. The van der Waals surface area contributed by atoms with Gasteiger partial charge in [0.15, 0.2) is 40.0 Å². The number of nitrogens with zero attached hydrogens (tertiary/aromatic N) is 16. The van der Waals surface area contributed by atoms with Crippen molar-refractivity contribution in [3.63, 3.8) is 0 Å². The summed E-state index contributed by atoms with van der Waals surface area (Å²) >= 11 is 5.53. The van der Waals surface area contributed by atoms with E-state index in [1.807, 2.05) is 24.9 Å². The highest BCUT2D eigenvalue weighted by molar-refractivity contribution is 9.11. The molecule has 16 aromatic rings. The van der Waals surface area contributed by atoms with Gasteiger partial charge in [0.25, 0.3) is 40.1 Å². The molecule has 0 radical (unpaired) electrons. The van der Waals surface area contributed by atoms with E-state index in [1.54, 1.807) is 94.3 Å². The number of aromatic nitrogens is 16. The van der Waals surface area contributed by atoms with Gasteiger partial charge in [0.1, 0.15) is 105 Å². The van der Waals surface area contributed by atoms with Crippen LogP contribution in [0.1, 0.15) is 127 Å². The third-order valence-electron chi connectivity index (χ3n) is 23.7. The van der Waals surface area contributed by atoms with Gasteiger partial charge in [-0.25, -0.2) is 114 Å². The van der Waals surface area contributed by atoms with Gasteiger partial charge < -0.3 is 32.4 Å². The topological polar surface area (TPSA) is 482 Å². The Labute approximate surface area is 786 Å². The smallest absolute Gasteiger partial charge is 0.266 e. The average Bonchev–Trinajstić information content (AvgIpc) is 1.65. The van der Waals surface area contributed by atoms with Crippen LogP contribution in [-0.4, -0.2) is 127 Å². The van der Waals surface area contributed by atoms with Crippen LogP contribution in [-0.2, 0) is 40.1 Å². The first-order valence-electron chi connectivity index (χ1n) is 42.6. The molecule has 4 aliphatic rings. The zero-order chi connectivity index (χ0) is 94.9. The molecular formula is C90H85Br2F5N24O10S4. The van der Waals surface area contributed by atoms with E-state index in [1.165, 1.54) is 88.1 Å². The van der Waals surface area contributed by atoms with Crippen LogP contribution in [0.5, 0.6) is 11.5 Å². The van der Waals surface area contributed by atoms with Crippen LogP contribution >= 0.6 is 31.9 Å². The molecule has 698 valence electrons. The molecule has 0 saturated heterocycles. The molecule has 0 unspecified atom stereocenters. The lowest BCUT2D eigenvalue weighted by molar-refractivity contribution is 0.416. The quantitative estimate of drug-likeness (QED) is 0.0231. The first-order valence-corrected chi connectivity index (χ1v) is 50.1. The number of hydrogen-bond donors (Lipinski definition) is 8. The first kappa shape index (κ1) is 93.2. The molecule has 4 aliphatic carbocycles. The molecule has 8 aromatic carbocycles. The van der Waals surface area contributed by atoms with Crippen LogP contribution < -0.4 is 51.3 Å². The minimum Gasteiger partial charge on any atom is -0.496 e. The monoisotopic (exact) mass is 2040 g/mol. The predicted molar refractivity (Wildman–Crippen MR) is 508 cm³/mol. The molecule has 4 saturated carbocycles. The lowest BCUT2D eigenvalue weighted by Gasteiger charge is -2.13. The summed E-state index contributed by atoms with van der Waals surface area (Å²) in [6.07, 6.45) is 22.2. The van der Waals surface area contributed by atoms with Gasteiger partial charge in [-0.15, -0.1) is 0 Å². The fourth-order valence-corrected chi connectivity index (χ4v) is 23.2. The van der Waals surface area contributed by atoms with Crippen LogP contribution in [0.25, 0.3) is 89.2 Å². The molecule has 0 aliphatic heterocycles. The molecule has 12 N–H and O–H groups in total. The number of fused-ring (bicyclic) bond motifs is 4. The molecular weight excluding hydrogens is 1960 g/mol. The second kappa shape index (κ2) is 38.8. The normalized spacial score (nSPS) is 14.6. The number of hydrogen-bond acceptors (Lipinski definition) is 26. The van der Waals surface area contributed by atoms with Crippen LogP contribution in [0.4, 0.5) is 68.0 Å². The maximum Gasteiger partial charge on any atom is 0.266 e. The summed E-state index contributed by atoms with van der Waals surface area (Å²) in [6.45, 7) is 0. The van der Waals surface area contributed by atoms with Gasteiger partial charge in [-0.05, 0) is 180 Å². The van der Waals surface area contributed by atoms with Crippen molar-refractivity contribution >= 4 is 162 Å². The van der Waals surface area contributed by atoms with Crippen LogP contribution in [0.2, 0.25) is 0 Å². The third kappa shape index (κ3) is 19.1. The molecule has 34 nitrogen and oxygen atoms in total. The SMILES string of the molecule is COc1cc(NS(=O)(=O)c2ccccc2)ccc1-c1nn(C2CCCC2)c2ncnc(N)c12.COc1ccc(-c2nn(C3CCCC3)c3ncnc(N)c23)cc1NS(=O)(=O)c1ccccc1.Nc1ncnc2c1c(-c1cc(F)c(NS(=O)(=O)c3ccccc3)c(F)c1)nn2C1CCCC1.Nc1ncnc2c1c(-c1ccc(NS(=O)(=O)c3c(F)c(Br)cc(F)c3Br)c(F)c1)nn2C1CCCC1. The van der Waals surface area contributed by atoms with Crippen LogP contribution in [0, 0.1) is 29.1 Å². The first-order chi connectivity index (χ1) is 64.9. The van der Waals surface area contributed by atoms with Crippen molar-refractivity contribution in [2.24, 2.45) is 0 Å². The Hall–Kier alpha value is -13.6. The number of nitrogen functional groups attached to an aromatic ring is 4. The molecule has 8 aromatic heterocycles. The highest BCUT2D eigenvalue weighted by Gasteiger charge is 2.35. The highest BCUT2D eigenvalue weighted by atomic mass is 79.9. The summed E-state index contributed by atoms with van der Waals surface area (Å²) in [7, 11) is -13.4. The maximum absolute atomic E-state index is 15.1. The van der Waals surface area contributed by atoms with Gasteiger partial charge in [0, 0.05) is 28.3 Å². The highest BCUT2D eigenvalue weighted by Crippen LogP contribution is 2.46. The van der Waals surface area contributed by atoms with E-state index in [0.717, 1.165) is 127 Å². The van der Waals surface area contributed by atoms with Gasteiger partial charge in [-0.1, -0.05) is 112 Å². The van der Waals surface area contributed by atoms with Crippen molar-refractivity contribution in [1.29, 1.82) is 0 Å². The summed E-state index contributed by atoms with van der Waals surface area (Å²) < 4.78 is 202. The van der Waals surface area contributed by atoms with E-state index in [-0.39, 0.29) is 61.7 Å². The van der Waals surface area contributed by atoms with E-state index in [4.69, 9.17) is 42.6 Å². The van der Waals surface area contributed by atoms with Crippen molar-refractivity contribution in [2.75, 3.05) is 56.0 Å². The summed E-state index contributed by atoms with van der Waals surface area (Å²) in [5, 5.41) is 21.2. The average molecular weight is 2050 g/mol. The summed E-state index contributed by atoms with van der Waals surface area (Å²) in [5.74, 6) is -3.50. The van der Waals surface area contributed by atoms with E-state index in [9.17, 15) is 51.2 Å². The Morgan fingerprint density at radius 3 is 1.12 bits per heavy atom.